The van der Waals surface area contributed by atoms with Gasteiger partial charge in [-0.05, 0) is 40.5 Å². The lowest BCUT2D eigenvalue weighted by Crippen LogP contribution is -1.97. The van der Waals surface area contributed by atoms with Crippen LogP contribution in [0.15, 0.2) is 47.1 Å². The molecular weight excluding hydrogens is 290 g/mol. The molecule has 0 spiro atoms. The second kappa shape index (κ2) is 7.88. The van der Waals surface area contributed by atoms with Gasteiger partial charge in [0.25, 0.3) is 0 Å². The Bertz CT molecular complexity index is 471. The number of aryl methyl sites for hydroxylation is 1. The third kappa shape index (κ3) is 4.49. The fourth-order valence-corrected chi connectivity index (χ4v) is 1.88. The number of pyridine rings is 1. The van der Waals surface area contributed by atoms with Gasteiger partial charge in [0, 0.05) is 5.69 Å². The smallest absolute Gasteiger partial charge is 0.152 e. The van der Waals surface area contributed by atoms with Gasteiger partial charge in [-0.25, -0.2) is 4.98 Å². The molecule has 2 aromatic rings. The molecule has 0 amide bonds. The number of rotatable bonds is 3. The summed E-state index contributed by atoms with van der Waals surface area (Å²) in [6.45, 7) is 6.51. The fraction of sp³-hybridized carbons (Fsp3) is 0.267. The van der Waals surface area contributed by atoms with E-state index < -0.39 is 0 Å². The van der Waals surface area contributed by atoms with Crippen molar-refractivity contribution in [2.45, 2.75) is 27.4 Å². The van der Waals surface area contributed by atoms with Gasteiger partial charge in [0.2, 0.25) is 0 Å². The quantitative estimate of drug-likeness (QED) is 0.763. The Morgan fingerprint density at radius 1 is 1.06 bits per heavy atom. The molecule has 0 aliphatic carbocycles. The summed E-state index contributed by atoms with van der Waals surface area (Å²) in [4.78, 5) is 4.28. The first-order valence-electron chi connectivity index (χ1n) is 6.05. The van der Waals surface area contributed by atoms with Gasteiger partial charge in [0.15, 0.2) is 5.75 Å². The number of benzene rings is 1. The van der Waals surface area contributed by atoms with Gasteiger partial charge in [-0.1, -0.05) is 44.2 Å². The summed E-state index contributed by atoms with van der Waals surface area (Å²) in [5.74, 6) is 0.773. The van der Waals surface area contributed by atoms with Crippen molar-refractivity contribution in [2.24, 2.45) is 0 Å². The maximum atomic E-state index is 5.67. The van der Waals surface area contributed by atoms with Crippen molar-refractivity contribution < 1.29 is 4.74 Å². The molecule has 0 unspecified atom stereocenters. The second-order valence-corrected chi connectivity index (χ2v) is 4.27. The van der Waals surface area contributed by atoms with Gasteiger partial charge in [-0.15, -0.1) is 0 Å². The predicted molar refractivity (Wildman–Crippen MR) is 78.8 cm³/mol. The van der Waals surface area contributed by atoms with E-state index in [0.29, 0.717) is 6.61 Å². The summed E-state index contributed by atoms with van der Waals surface area (Å²) in [6.07, 6.45) is 0. The topological polar surface area (TPSA) is 22.1 Å². The Kier molecular flexibility index (Phi) is 6.44. The lowest BCUT2D eigenvalue weighted by atomic mass is 10.2. The van der Waals surface area contributed by atoms with Crippen LogP contribution in [0.1, 0.15) is 25.1 Å². The predicted octanol–water partition coefficient (Wildman–Crippen LogP) is 4.76. The van der Waals surface area contributed by atoms with Crippen molar-refractivity contribution in [3.05, 3.63) is 58.3 Å². The van der Waals surface area contributed by atoms with Gasteiger partial charge in [-0.3, -0.25) is 0 Å². The monoisotopic (exact) mass is 307 g/mol. The Hall–Kier alpha value is -1.35. The standard InChI is InChI=1S/C13H12BrNO.C2H6/c1-10-7-8-12(13(14)15-10)16-9-11-5-3-2-4-6-11;1-2/h2-8H,9H2,1H3;1-2H3. The van der Waals surface area contributed by atoms with Crippen LogP contribution in [0.25, 0.3) is 0 Å². The van der Waals surface area contributed by atoms with Crippen molar-refractivity contribution in [3.8, 4) is 5.75 Å². The Balaban J connectivity index is 0.000000771. The summed E-state index contributed by atoms with van der Waals surface area (Å²) in [5, 5.41) is 0. The normalized spacial score (nSPS) is 9.33. The van der Waals surface area contributed by atoms with Crippen LogP contribution in [0.3, 0.4) is 0 Å². The molecule has 1 aromatic heterocycles. The average molecular weight is 308 g/mol. The molecule has 2 nitrogen and oxygen atoms in total. The first-order valence-corrected chi connectivity index (χ1v) is 6.85. The molecule has 96 valence electrons. The van der Waals surface area contributed by atoms with Crippen molar-refractivity contribution in [1.29, 1.82) is 0 Å². The Morgan fingerprint density at radius 3 is 2.33 bits per heavy atom. The minimum Gasteiger partial charge on any atom is -0.486 e. The summed E-state index contributed by atoms with van der Waals surface area (Å²) in [5.41, 5.74) is 2.12. The molecule has 18 heavy (non-hydrogen) atoms. The highest BCUT2D eigenvalue weighted by molar-refractivity contribution is 9.10. The van der Waals surface area contributed by atoms with Gasteiger partial charge >= 0.3 is 0 Å². The molecule has 0 saturated carbocycles. The van der Waals surface area contributed by atoms with Gasteiger partial charge < -0.3 is 4.74 Å². The van der Waals surface area contributed by atoms with E-state index in [2.05, 4.69) is 20.9 Å². The molecule has 0 atom stereocenters. The van der Waals surface area contributed by atoms with Gasteiger partial charge in [-0.2, -0.15) is 0 Å². The Morgan fingerprint density at radius 2 is 1.72 bits per heavy atom. The van der Waals surface area contributed by atoms with Crippen LogP contribution in [0, 0.1) is 6.92 Å². The lowest BCUT2D eigenvalue weighted by Gasteiger charge is -2.07. The molecule has 0 aliphatic heterocycles. The van der Waals surface area contributed by atoms with Crippen molar-refractivity contribution in [1.82, 2.24) is 4.98 Å². The van der Waals surface area contributed by atoms with E-state index in [1.54, 1.807) is 0 Å². The zero-order valence-electron chi connectivity index (χ0n) is 11.0. The average Bonchev–Trinajstić information content (AvgIpc) is 2.41. The Labute approximate surface area is 117 Å². The largest absolute Gasteiger partial charge is 0.486 e. The SMILES string of the molecule is CC.Cc1ccc(OCc2ccccc2)c(Br)n1. The van der Waals surface area contributed by atoms with Crippen LogP contribution in [-0.2, 0) is 6.61 Å². The fourth-order valence-electron chi connectivity index (χ4n) is 1.36. The summed E-state index contributed by atoms with van der Waals surface area (Å²) in [7, 11) is 0. The maximum Gasteiger partial charge on any atom is 0.152 e. The summed E-state index contributed by atoms with van der Waals surface area (Å²) in [6, 6.07) is 13.9. The number of hydrogen-bond acceptors (Lipinski definition) is 2. The molecular formula is C15H18BrNO. The van der Waals surface area contributed by atoms with E-state index >= 15 is 0 Å². The molecule has 0 fully saturated rings. The van der Waals surface area contributed by atoms with Gasteiger partial charge in [0.1, 0.15) is 11.2 Å². The number of nitrogens with zero attached hydrogens (tertiary/aromatic N) is 1. The van der Waals surface area contributed by atoms with E-state index in [1.807, 2.05) is 63.2 Å². The second-order valence-electron chi connectivity index (χ2n) is 3.52. The molecule has 3 heteroatoms. The first kappa shape index (κ1) is 14.7. The van der Waals surface area contributed by atoms with Crippen LogP contribution < -0.4 is 4.74 Å². The van der Waals surface area contributed by atoms with Crippen LogP contribution >= 0.6 is 15.9 Å². The van der Waals surface area contributed by atoms with Crippen LogP contribution in [-0.4, -0.2) is 4.98 Å². The molecule has 0 radical (unpaired) electrons. The molecule has 1 aromatic carbocycles. The van der Waals surface area contributed by atoms with E-state index in [-0.39, 0.29) is 0 Å². The molecule has 0 aliphatic rings. The first-order chi connectivity index (χ1) is 8.75. The maximum absolute atomic E-state index is 5.67. The molecule has 0 N–H and O–H groups in total. The van der Waals surface area contributed by atoms with E-state index in [0.717, 1.165) is 21.6 Å². The zero-order valence-corrected chi connectivity index (χ0v) is 12.6. The van der Waals surface area contributed by atoms with Crippen molar-refractivity contribution in [3.63, 3.8) is 0 Å². The van der Waals surface area contributed by atoms with E-state index in [4.69, 9.17) is 4.74 Å². The van der Waals surface area contributed by atoms with Crippen molar-refractivity contribution in [2.75, 3.05) is 0 Å². The third-order valence-electron chi connectivity index (χ3n) is 2.19. The zero-order chi connectivity index (χ0) is 13.4. The van der Waals surface area contributed by atoms with Crippen LogP contribution in [0.5, 0.6) is 5.75 Å². The van der Waals surface area contributed by atoms with Crippen LogP contribution in [0.4, 0.5) is 0 Å². The van der Waals surface area contributed by atoms with E-state index in [1.165, 1.54) is 0 Å². The molecule has 0 bridgehead atoms. The number of ether oxygens (including phenoxy) is 1. The molecule has 1 heterocycles. The number of hydrogen-bond donors (Lipinski definition) is 0. The minimum atomic E-state index is 0.560. The van der Waals surface area contributed by atoms with Crippen molar-refractivity contribution >= 4 is 15.9 Å². The molecule has 2 rings (SSSR count). The van der Waals surface area contributed by atoms with Crippen LogP contribution in [0.2, 0.25) is 0 Å². The van der Waals surface area contributed by atoms with E-state index in [9.17, 15) is 0 Å². The number of aromatic nitrogens is 1. The third-order valence-corrected chi connectivity index (χ3v) is 2.76. The minimum absolute atomic E-state index is 0.560. The highest BCUT2D eigenvalue weighted by atomic mass is 79.9. The lowest BCUT2D eigenvalue weighted by molar-refractivity contribution is 0.302. The van der Waals surface area contributed by atoms with Gasteiger partial charge in [0.05, 0.1) is 0 Å². The number of halogens is 1. The highest BCUT2D eigenvalue weighted by Gasteiger charge is 2.02. The highest BCUT2D eigenvalue weighted by Crippen LogP contribution is 2.23. The summed E-state index contributed by atoms with van der Waals surface area (Å²) < 4.78 is 6.42. The summed E-state index contributed by atoms with van der Waals surface area (Å²) >= 11 is 3.38. The molecule has 0 saturated heterocycles.